The van der Waals surface area contributed by atoms with Crippen molar-refractivity contribution in [1.82, 2.24) is 14.8 Å². The van der Waals surface area contributed by atoms with Crippen LogP contribution < -0.4 is 0 Å². The van der Waals surface area contributed by atoms with Crippen molar-refractivity contribution in [2.75, 3.05) is 0 Å². The van der Waals surface area contributed by atoms with E-state index < -0.39 is 0 Å². The SMILES string of the molecule is CCCCCCCCn1cnnc1CCl. The maximum absolute atomic E-state index is 5.73. The highest BCUT2D eigenvalue weighted by Crippen LogP contribution is 2.07. The first-order valence-electron chi connectivity index (χ1n) is 5.81. The molecule has 0 N–H and O–H groups in total. The second-order valence-electron chi connectivity index (χ2n) is 3.84. The summed E-state index contributed by atoms with van der Waals surface area (Å²) < 4.78 is 2.05. The van der Waals surface area contributed by atoms with Gasteiger partial charge in [0.25, 0.3) is 0 Å². The molecule has 0 radical (unpaired) electrons. The quantitative estimate of drug-likeness (QED) is 0.506. The lowest BCUT2D eigenvalue weighted by atomic mass is 10.1. The molecule has 1 rings (SSSR count). The Morgan fingerprint density at radius 3 is 2.67 bits per heavy atom. The number of hydrogen-bond donors (Lipinski definition) is 0. The predicted octanol–water partition coefficient (Wildman–Crippen LogP) is 3.38. The van der Waals surface area contributed by atoms with Gasteiger partial charge in [-0.15, -0.1) is 21.8 Å². The number of aryl methyl sites for hydroxylation is 1. The van der Waals surface area contributed by atoms with E-state index >= 15 is 0 Å². The van der Waals surface area contributed by atoms with Crippen LogP contribution >= 0.6 is 11.6 Å². The van der Waals surface area contributed by atoms with Crippen molar-refractivity contribution in [2.45, 2.75) is 57.9 Å². The van der Waals surface area contributed by atoms with Crippen molar-refractivity contribution in [2.24, 2.45) is 0 Å². The van der Waals surface area contributed by atoms with Gasteiger partial charge in [0.1, 0.15) is 12.2 Å². The first kappa shape index (κ1) is 12.5. The molecule has 0 saturated carbocycles. The lowest BCUT2D eigenvalue weighted by molar-refractivity contribution is 0.550. The largest absolute Gasteiger partial charge is 0.317 e. The summed E-state index contributed by atoms with van der Waals surface area (Å²) in [6.45, 7) is 3.24. The molecule has 0 aliphatic rings. The van der Waals surface area contributed by atoms with Crippen molar-refractivity contribution in [1.29, 1.82) is 0 Å². The van der Waals surface area contributed by atoms with Crippen LogP contribution in [0.4, 0.5) is 0 Å². The summed E-state index contributed by atoms with van der Waals surface area (Å²) >= 11 is 5.73. The fourth-order valence-electron chi connectivity index (χ4n) is 1.63. The highest BCUT2D eigenvalue weighted by atomic mass is 35.5. The minimum atomic E-state index is 0.454. The molecule has 0 aliphatic carbocycles. The van der Waals surface area contributed by atoms with Gasteiger partial charge in [0.15, 0.2) is 0 Å². The molecule has 0 amide bonds. The monoisotopic (exact) mass is 229 g/mol. The highest BCUT2D eigenvalue weighted by Gasteiger charge is 2.01. The van der Waals surface area contributed by atoms with E-state index in [1.54, 1.807) is 6.33 Å². The van der Waals surface area contributed by atoms with Crippen LogP contribution in [0.5, 0.6) is 0 Å². The van der Waals surface area contributed by atoms with Crippen LogP contribution in [0, 0.1) is 0 Å². The third kappa shape index (κ3) is 4.65. The molecule has 0 unspecified atom stereocenters. The average molecular weight is 230 g/mol. The van der Waals surface area contributed by atoms with E-state index in [0.29, 0.717) is 5.88 Å². The number of halogens is 1. The number of unbranched alkanes of at least 4 members (excludes halogenated alkanes) is 5. The van der Waals surface area contributed by atoms with Crippen LogP contribution in [0.2, 0.25) is 0 Å². The van der Waals surface area contributed by atoms with E-state index in [2.05, 4.69) is 17.1 Å². The number of rotatable bonds is 8. The number of hydrogen-bond acceptors (Lipinski definition) is 2. The van der Waals surface area contributed by atoms with Gasteiger partial charge in [-0.25, -0.2) is 0 Å². The zero-order valence-corrected chi connectivity index (χ0v) is 10.2. The van der Waals surface area contributed by atoms with Gasteiger partial charge in [0.05, 0.1) is 5.88 Å². The smallest absolute Gasteiger partial charge is 0.147 e. The van der Waals surface area contributed by atoms with Gasteiger partial charge in [0, 0.05) is 6.54 Å². The second kappa shape index (κ2) is 7.69. The van der Waals surface area contributed by atoms with Crippen LogP contribution in [0.3, 0.4) is 0 Å². The van der Waals surface area contributed by atoms with E-state index in [0.717, 1.165) is 12.4 Å². The minimum Gasteiger partial charge on any atom is -0.317 e. The van der Waals surface area contributed by atoms with Crippen molar-refractivity contribution in [3.8, 4) is 0 Å². The first-order chi connectivity index (χ1) is 7.38. The lowest BCUT2D eigenvalue weighted by Crippen LogP contribution is -2.01. The summed E-state index contributed by atoms with van der Waals surface area (Å²) in [5, 5.41) is 7.79. The molecule has 4 heteroatoms. The summed E-state index contributed by atoms with van der Waals surface area (Å²) in [4.78, 5) is 0. The van der Waals surface area contributed by atoms with Crippen molar-refractivity contribution < 1.29 is 0 Å². The summed E-state index contributed by atoms with van der Waals surface area (Å²) in [6, 6.07) is 0. The van der Waals surface area contributed by atoms with E-state index in [9.17, 15) is 0 Å². The van der Waals surface area contributed by atoms with Crippen molar-refractivity contribution in [3.63, 3.8) is 0 Å². The number of aromatic nitrogens is 3. The highest BCUT2D eigenvalue weighted by molar-refractivity contribution is 6.16. The third-order valence-electron chi connectivity index (χ3n) is 2.57. The van der Waals surface area contributed by atoms with E-state index in [1.165, 1.54) is 38.5 Å². The Morgan fingerprint density at radius 1 is 1.20 bits per heavy atom. The van der Waals surface area contributed by atoms with Gasteiger partial charge in [-0.3, -0.25) is 0 Å². The molecule has 1 heterocycles. The minimum absolute atomic E-state index is 0.454. The van der Waals surface area contributed by atoms with Crippen LogP contribution in [0.15, 0.2) is 6.33 Å². The first-order valence-corrected chi connectivity index (χ1v) is 6.34. The zero-order valence-electron chi connectivity index (χ0n) is 9.45. The Morgan fingerprint density at radius 2 is 1.93 bits per heavy atom. The Hall–Kier alpha value is -0.570. The van der Waals surface area contributed by atoms with Gasteiger partial charge in [-0.1, -0.05) is 39.0 Å². The third-order valence-corrected chi connectivity index (χ3v) is 2.81. The Bertz CT molecular complexity index is 260. The molecule has 0 fully saturated rings. The van der Waals surface area contributed by atoms with E-state index in [4.69, 9.17) is 11.6 Å². The topological polar surface area (TPSA) is 30.7 Å². The van der Waals surface area contributed by atoms with Crippen LogP contribution in [-0.2, 0) is 12.4 Å². The molecule has 0 saturated heterocycles. The molecular formula is C11H20ClN3. The van der Waals surface area contributed by atoms with Gasteiger partial charge < -0.3 is 4.57 Å². The normalized spacial score (nSPS) is 10.8. The van der Waals surface area contributed by atoms with Crippen LogP contribution in [0.1, 0.15) is 51.3 Å². The Labute approximate surface area is 96.8 Å². The fourth-order valence-corrected chi connectivity index (χ4v) is 1.84. The van der Waals surface area contributed by atoms with Crippen molar-refractivity contribution in [3.05, 3.63) is 12.2 Å². The van der Waals surface area contributed by atoms with E-state index in [-0.39, 0.29) is 0 Å². The van der Waals surface area contributed by atoms with Gasteiger partial charge in [0.2, 0.25) is 0 Å². The van der Waals surface area contributed by atoms with Crippen molar-refractivity contribution >= 4 is 11.6 Å². The average Bonchev–Trinajstić information content (AvgIpc) is 2.70. The molecule has 0 spiro atoms. The molecule has 3 nitrogen and oxygen atoms in total. The van der Waals surface area contributed by atoms with E-state index in [1.807, 2.05) is 4.57 Å². The van der Waals surface area contributed by atoms with Gasteiger partial charge in [-0.05, 0) is 6.42 Å². The molecule has 86 valence electrons. The maximum Gasteiger partial charge on any atom is 0.147 e. The molecular weight excluding hydrogens is 210 g/mol. The number of nitrogens with zero attached hydrogens (tertiary/aromatic N) is 3. The zero-order chi connectivity index (χ0) is 10.9. The predicted molar refractivity (Wildman–Crippen MR) is 63.0 cm³/mol. The molecule has 0 aliphatic heterocycles. The molecule has 1 aromatic rings. The molecule has 0 bridgehead atoms. The Kier molecular flexibility index (Phi) is 6.41. The second-order valence-corrected chi connectivity index (χ2v) is 4.11. The van der Waals surface area contributed by atoms with Crippen LogP contribution in [0.25, 0.3) is 0 Å². The molecule has 0 aromatic carbocycles. The van der Waals surface area contributed by atoms with Gasteiger partial charge in [-0.2, -0.15) is 0 Å². The summed E-state index contributed by atoms with van der Waals surface area (Å²) in [7, 11) is 0. The summed E-state index contributed by atoms with van der Waals surface area (Å²) in [6.07, 6.45) is 9.63. The lowest BCUT2D eigenvalue weighted by Gasteiger charge is -2.04. The molecule has 1 aromatic heterocycles. The molecule has 0 atom stereocenters. The standard InChI is InChI=1S/C11H20ClN3/c1-2-3-4-5-6-7-8-15-10-13-14-11(15)9-12/h10H,2-9H2,1H3. The summed E-state index contributed by atoms with van der Waals surface area (Å²) in [5.41, 5.74) is 0. The van der Waals surface area contributed by atoms with Gasteiger partial charge >= 0.3 is 0 Å². The summed E-state index contributed by atoms with van der Waals surface area (Å²) in [5.74, 6) is 1.33. The maximum atomic E-state index is 5.73. The Balaban J connectivity index is 2.09. The molecule has 15 heavy (non-hydrogen) atoms. The van der Waals surface area contributed by atoms with Crippen LogP contribution in [-0.4, -0.2) is 14.8 Å². The fraction of sp³-hybridized carbons (Fsp3) is 0.818. The number of alkyl halides is 1.